The summed E-state index contributed by atoms with van der Waals surface area (Å²) in [4.78, 5) is 4.33. The second-order valence-corrected chi connectivity index (χ2v) is 6.16. The van der Waals surface area contributed by atoms with E-state index in [-0.39, 0.29) is 18.2 Å². The van der Waals surface area contributed by atoms with Crippen molar-refractivity contribution < 1.29 is 26.3 Å². The number of alkyl halides is 7. The van der Waals surface area contributed by atoms with Gasteiger partial charge in [-0.3, -0.25) is 0 Å². The summed E-state index contributed by atoms with van der Waals surface area (Å²) in [6.07, 6.45) is -9.75. The van der Waals surface area contributed by atoms with Gasteiger partial charge in [0.15, 0.2) is 0 Å². The van der Waals surface area contributed by atoms with E-state index in [9.17, 15) is 26.3 Å². The number of para-hydroxylation sites is 2. The molecule has 0 saturated heterocycles. The summed E-state index contributed by atoms with van der Waals surface area (Å²) in [6, 6.07) is 8.58. The Morgan fingerprint density at radius 3 is 2.23 bits per heavy atom. The molecule has 0 unspecified atom stereocenters. The number of halogens is 7. The van der Waals surface area contributed by atoms with Gasteiger partial charge in [-0.1, -0.05) is 34.1 Å². The molecule has 0 bridgehead atoms. The number of nitrogens with zero attached hydrogens (tertiary/aromatic N) is 2. The fraction of sp³-hybridized carbons (Fsp3) is 0.235. The van der Waals surface area contributed by atoms with Gasteiger partial charge in [-0.15, -0.1) is 0 Å². The summed E-state index contributed by atoms with van der Waals surface area (Å²) >= 11 is 3.24. The minimum atomic E-state index is -4.90. The van der Waals surface area contributed by atoms with Crippen molar-refractivity contribution in [1.29, 1.82) is 0 Å². The maximum Gasteiger partial charge on any atom is 0.416 e. The van der Waals surface area contributed by atoms with Crippen LogP contribution in [0.1, 0.15) is 22.5 Å². The van der Waals surface area contributed by atoms with Gasteiger partial charge in [-0.2, -0.15) is 26.3 Å². The number of aromatic nitrogens is 2. The summed E-state index contributed by atoms with van der Waals surface area (Å²) in [7, 11) is 0. The standard InChI is InChI=1S/C17H11BrF6N2/c18-8-15-25-13-3-1-2-4-14(13)26(15)9-10-5-6-11(16(19,20)21)7-12(10)17(22,23)24/h1-7H,8-9H2. The maximum absolute atomic E-state index is 13.3. The Morgan fingerprint density at radius 1 is 0.923 bits per heavy atom. The van der Waals surface area contributed by atoms with Crippen molar-refractivity contribution >= 4 is 27.0 Å². The lowest BCUT2D eigenvalue weighted by Crippen LogP contribution is -2.15. The van der Waals surface area contributed by atoms with Crippen LogP contribution in [0.25, 0.3) is 11.0 Å². The third kappa shape index (κ3) is 3.58. The maximum atomic E-state index is 13.3. The second kappa shape index (κ2) is 6.61. The highest BCUT2D eigenvalue weighted by atomic mass is 79.9. The smallest absolute Gasteiger partial charge is 0.323 e. The minimum absolute atomic E-state index is 0.155. The molecule has 1 aromatic heterocycles. The monoisotopic (exact) mass is 436 g/mol. The van der Waals surface area contributed by atoms with Crippen molar-refractivity contribution in [2.75, 3.05) is 0 Å². The number of hydrogen-bond acceptors (Lipinski definition) is 1. The molecule has 3 aromatic rings. The number of rotatable bonds is 3. The predicted molar refractivity (Wildman–Crippen MR) is 87.9 cm³/mol. The van der Waals surface area contributed by atoms with Gasteiger partial charge < -0.3 is 4.57 Å². The second-order valence-electron chi connectivity index (χ2n) is 5.60. The van der Waals surface area contributed by atoms with Gasteiger partial charge in [0.2, 0.25) is 0 Å². The van der Waals surface area contributed by atoms with Crippen LogP contribution in [-0.4, -0.2) is 9.55 Å². The molecule has 0 fully saturated rings. The average Bonchev–Trinajstić information content (AvgIpc) is 2.91. The van der Waals surface area contributed by atoms with Crippen LogP contribution in [0.3, 0.4) is 0 Å². The topological polar surface area (TPSA) is 17.8 Å². The molecule has 1 heterocycles. The summed E-state index contributed by atoms with van der Waals surface area (Å²) in [5.41, 5.74) is -1.68. The van der Waals surface area contributed by atoms with Gasteiger partial charge in [0.25, 0.3) is 0 Å². The van der Waals surface area contributed by atoms with Crippen LogP contribution in [-0.2, 0) is 24.2 Å². The first-order valence-electron chi connectivity index (χ1n) is 7.38. The lowest BCUT2D eigenvalue weighted by Gasteiger charge is -2.17. The van der Waals surface area contributed by atoms with Gasteiger partial charge in [0, 0.05) is 6.54 Å². The van der Waals surface area contributed by atoms with Gasteiger partial charge >= 0.3 is 12.4 Å². The molecule has 0 atom stereocenters. The summed E-state index contributed by atoms with van der Waals surface area (Å²) < 4.78 is 80.0. The van der Waals surface area contributed by atoms with Crippen molar-refractivity contribution in [3.8, 4) is 0 Å². The van der Waals surface area contributed by atoms with Crippen LogP contribution in [0.5, 0.6) is 0 Å². The molecule has 0 N–H and O–H groups in total. The first-order chi connectivity index (χ1) is 12.1. The SMILES string of the molecule is FC(F)(F)c1ccc(Cn2c(CBr)nc3ccccc32)c(C(F)(F)F)c1. The number of benzene rings is 2. The molecule has 0 saturated carbocycles. The van der Waals surface area contributed by atoms with E-state index >= 15 is 0 Å². The zero-order valence-electron chi connectivity index (χ0n) is 13.0. The van der Waals surface area contributed by atoms with Crippen LogP contribution in [0.4, 0.5) is 26.3 Å². The van der Waals surface area contributed by atoms with Crippen molar-refractivity contribution in [3.05, 3.63) is 65.0 Å². The van der Waals surface area contributed by atoms with E-state index in [1.807, 2.05) is 0 Å². The van der Waals surface area contributed by atoms with E-state index in [2.05, 4.69) is 20.9 Å². The highest BCUT2D eigenvalue weighted by Gasteiger charge is 2.38. The fourth-order valence-electron chi connectivity index (χ4n) is 2.73. The molecule has 138 valence electrons. The molecule has 0 aliphatic heterocycles. The highest BCUT2D eigenvalue weighted by molar-refractivity contribution is 9.08. The van der Waals surface area contributed by atoms with E-state index in [1.165, 1.54) is 0 Å². The molecule has 0 aliphatic carbocycles. The van der Waals surface area contributed by atoms with Crippen LogP contribution < -0.4 is 0 Å². The highest BCUT2D eigenvalue weighted by Crippen LogP contribution is 2.38. The Hall–Kier alpha value is -2.03. The van der Waals surface area contributed by atoms with Crippen molar-refractivity contribution in [2.24, 2.45) is 0 Å². The van der Waals surface area contributed by atoms with Gasteiger partial charge in [-0.05, 0) is 29.8 Å². The Kier molecular flexibility index (Phi) is 4.76. The molecular formula is C17H11BrF6N2. The Morgan fingerprint density at radius 2 is 1.62 bits per heavy atom. The molecule has 9 heteroatoms. The van der Waals surface area contributed by atoms with Crippen molar-refractivity contribution in [1.82, 2.24) is 9.55 Å². The molecule has 3 rings (SSSR count). The first kappa shape index (κ1) is 18.8. The minimum Gasteiger partial charge on any atom is -0.323 e. The Labute approximate surface area is 152 Å². The van der Waals surface area contributed by atoms with E-state index in [0.29, 0.717) is 28.3 Å². The largest absolute Gasteiger partial charge is 0.416 e. The molecule has 26 heavy (non-hydrogen) atoms. The predicted octanol–water partition coefficient (Wildman–Crippen LogP) is 6.02. The molecule has 0 radical (unpaired) electrons. The summed E-state index contributed by atoms with van der Waals surface area (Å²) in [5.74, 6) is 0.485. The molecular weight excluding hydrogens is 426 g/mol. The molecule has 0 amide bonds. The third-order valence-electron chi connectivity index (χ3n) is 3.92. The summed E-state index contributed by atoms with van der Waals surface area (Å²) in [5, 5.41) is 0.295. The van der Waals surface area contributed by atoms with Crippen molar-refractivity contribution in [2.45, 2.75) is 24.2 Å². The summed E-state index contributed by atoms with van der Waals surface area (Å²) in [6.45, 7) is -0.242. The van der Waals surface area contributed by atoms with Gasteiger partial charge in [0.1, 0.15) is 5.82 Å². The molecule has 0 aliphatic rings. The lowest BCUT2D eigenvalue weighted by molar-refractivity contribution is -0.143. The van der Waals surface area contributed by atoms with E-state index in [4.69, 9.17) is 0 Å². The van der Waals surface area contributed by atoms with Crippen molar-refractivity contribution in [3.63, 3.8) is 0 Å². The van der Waals surface area contributed by atoms with Gasteiger partial charge in [0.05, 0.1) is 27.5 Å². The van der Waals surface area contributed by atoms with E-state index in [0.717, 1.165) is 6.07 Å². The average molecular weight is 437 g/mol. The van der Waals surface area contributed by atoms with Crippen LogP contribution >= 0.6 is 15.9 Å². The van der Waals surface area contributed by atoms with E-state index in [1.54, 1.807) is 28.8 Å². The number of imidazole rings is 1. The number of hydrogen-bond donors (Lipinski definition) is 0. The fourth-order valence-corrected chi connectivity index (χ4v) is 3.16. The molecule has 2 aromatic carbocycles. The lowest BCUT2D eigenvalue weighted by atomic mass is 10.0. The van der Waals surface area contributed by atoms with Crippen LogP contribution in [0, 0.1) is 0 Å². The van der Waals surface area contributed by atoms with Crippen LogP contribution in [0.2, 0.25) is 0 Å². The number of fused-ring (bicyclic) bond motifs is 1. The van der Waals surface area contributed by atoms with Crippen LogP contribution in [0.15, 0.2) is 42.5 Å². The Bertz CT molecular complexity index is 943. The molecule has 2 nitrogen and oxygen atoms in total. The molecule has 0 spiro atoms. The third-order valence-corrected chi connectivity index (χ3v) is 4.43. The zero-order chi connectivity index (χ0) is 19.1. The zero-order valence-corrected chi connectivity index (χ0v) is 14.6. The van der Waals surface area contributed by atoms with E-state index < -0.39 is 23.5 Å². The quantitative estimate of drug-likeness (QED) is 0.362. The Balaban J connectivity index is 2.14. The normalized spacial score (nSPS) is 12.7. The first-order valence-corrected chi connectivity index (χ1v) is 8.51. The van der Waals surface area contributed by atoms with Gasteiger partial charge in [-0.25, -0.2) is 4.98 Å².